The molecule has 0 aliphatic heterocycles. The van der Waals surface area contributed by atoms with Crippen LogP contribution in [0.15, 0.2) is 59.5 Å². The second-order valence-electron chi connectivity index (χ2n) is 7.84. The maximum atomic E-state index is 15.7. The lowest BCUT2D eigenvalue weighted by atomic mass is 10.0. The molecule has 0 saturated carbocycles. The number of amidine groups is 1. The molecule has 2 aromatic carbocycles. The standard InChI is InChI=1S/C23H20FN9O3.C2H4O2/c1-35-13-11-15(19(24)17(12-13)36-10-8-25)20(29-16-6-3-2-5-14(16)21(26)27)22-30-23(34)33(32-22)18-7-4-9-28-31-18;1-2(3)4/h2-7,9,11-12,20,29H,10H2,1H3,(H3,26,27)(H,30,32,34);1H3,(H,3,4). The zero-order chi connectivity index (χ0) is 29.2. The number of hydrogen-bond acceptors (Lipinski definition) is 10. The average molecular weight is 550 g/mol. The number of aromatic nitrogens is 5. The van der Waals surface area contributed by atoms with Crippen LogP contribution in [0.4, 0.5) is 10.1 Å². The number of halogens is 1. The molecule has 4 rings (SSSR count). The number of H-pyrrole nitrogens is 1. The van der Waals surface area contributed by atoms with Crippen LogP contribution in [0.5, 0.6) is 11.5 Å². The maximum absolute atomic E-state index is 15.7. The number of rotatable bonds is 9. The number of carbonyl (C=O) groups is 1. The number of anilines is 1. The summed E-state index contributed by atoms with van der Waals surface area (Å²) in [6, 6.07) is 13.2. The fraction of sp³-hybridized carbons (Fsp3) is 0.160. The molecule has 0 aliphatic rings. The van der Waals surface area contributed by atoms with Gasteiger partial charge in [-0.2, -0.15) is 15.0 Å². The van der Waals surface area contributed by atoms with Gasteiger partial charge >= 0.3 is 5.69 Å². The molecule has 206 valence electrons. The summed E-state index contributed by atoms with van der Waals surface area (Å²) in [6.07, 6.45) is 1.44. The molecule has 14 nitrogen and oxygen atoms in total. The monoisotopic (exact) mass is 549 g/mol. The zero-order valence-corrected chi connectivity index (χ0v) is 21.3. The molecule has 4 aromatic rings. The van der Waals surface area contributed by atoms with Gasteiger partial charge in [0.1, 0.15) is 23.7 Å². The Morgan fingerprint density at radius 2 is 2.05 bits per heavy atom. The molecule has 1 unspecified atom stereocenters. The highest BCUT2D eigenvalue weighted by Crippen LogP contribution is 2.35. The number of nitrogens with two attached hydrogens (primary N) is 1. The maximum Gasteiger partial charge on any atom is 0.349 e. The highest BCUT2D eigenvalue weighted by molar-refractivity contribution is 6.00. The molecule has 0 radical (unpaired) electrons. The molecule has 0 saturated heterocycles. The van der Waals surface area contributed by atoms with E-state index in [1.165, 1.54) is 31.5 Å². The van der Waals surface area contributed by atoms with Crippen LogP contribution < -0.4 is 26.2 Å². The molecule has 1 atom stereocenters. The number of aromatic amines is 1. The van der Waals surface area contributed by atoms with Crippen LogP contribution in [0.1, 0.15) is 29.9 Å². The molecular weight excluding hydrogens is 525 g/mol. The summed E-state index contributed by atoms with van der Waals surface area (Å²) in [6.45, 7) is 0.687. The second-order valence-corrected chi connectivity index (χ2v) is 7.84. The van der Waals surface area contributed by atoms with Gasteiger partial charge in [-0.25, -0.2) is 9.18 Å². The molecule has 40 heavy (non-hydrogen) atoms. The number of para-hydroxylation sites is 1. The zero-order valence-electron chi connectivity index (χ0n) is 21.3. The van der Waals surface area contributed by atoms with Gasteiger partial charge in [-0.05, 0) is 30.3 Å². The van der Waals surface area contributed by atoms with Crippen molar-refractivity contribution >= 4 is 17.5 Å². The first-order chi connectivity index (χ1) is 19.2. The Morgan fingerprint density at radius 3 is 2.67 bits per heavy atom. The van der Waals surface area contributed by atoms with Gasteiger partial charge in [0, 0.05) is 36.0 Å². The van der Waals surface area contributed by atoms with Gasteiger partial charge in [-0.3, -0.25) is 15.2 Å². The van der Waals surface area contributed by atoms with Crippen molar-refractivity contribution in [1.29, 1.82) is 10.7 Å². The quantitative estimate of drug-likeness (QED) is 0.150. The Kier molecular flexibility index (Phi) is 9.46. The van der Waals surface area contributed by atoms with E-state index in [2.05, 4.69) is 25.6 Å². The van der Waals surface area contributed by atoms with Gasteiger partial charge < -0.3 is 25.6 Å². The van der Waals surface area contributed by atoms with Crippen LogP contribution >= 0.6 is 0 Å². The first-order valence-electron chi connectivity index (χ1n) is 11.4. The van der Waals surface area contributed by atoms with Gasteiger partial charge in [0.15, 0.2) is 29.8 Å². The van der Waals surface area contributed by atoms with Crippen LogP contribution in [0, 0.1) is 22.6 Å². The van der Waals surface area contributed by atoms with Crippen LogP contribution in [0.3, 0.4) is 0 Å². The van der Waals surface area contributed by atoms with Crippen LogP contribution in [0.2, 0.25) is 0 Å². The number of methoxy groups -OCH3 is 1. The van der Waals surface area contributed by atoms with E-state index < -0.39 is 30.1 Å². The molecule has 15 heteroatoms. The van der Waals surface area contributed by atoms with Crippen molar-refractivity contribution in [3.63, 3.8) is 0 Å². The number of benzene rings is 2. The van der Waals surface area contributed by atoms with Crippen molar-refractivity contribution in [3.8, 4) is 23.4 Å². The summed E-state index contributed by atoms with van der Waals surface area (Å²) < 4.78 is 27.2. The smallest absolute Gasteiger partial charge is 0.349 e. The number of nitrogens with zero attached hydrogens (tertiary/aromatic N) is 5. The van der Waals surface area contributed by atoms with Gasteiger partial charge in [0.05, 0.1) is 7.11 Å². The summed E-state index contributed by atoms with van der Waals surface area (Å²) in [7, 11) is 1.39. The van der Waals surface area contributed by atoms with Crippen molar-refractivity contribution in [1.82, 2.24) is 25.0 Å². The number of carboxylic acids is 1. The number of nitrogen functional groups attached to an aromatic ring is 1. The molecule has 0 bridgehead atoms. The summed E-state index contributed by atoms with van der Waals surface area (Å²) in [5.74, 6) is -1.69. The van der Waals surface area contributed by atoms with Gasteiger partial charge in [0.25, 0.3) is 5.97 Å². The van der Waals surface area contributed by atoms with E-state index in [1.54, 1.807) is 36.4 Å². The average Bonchev–Trinajstić information content (AvgIpc) is 3.32. The first kappa shape index (κ1) is 28.8. The topological polar surface area (TPSA) is 218 Å². The Hall–Kier alpha value is -5.78. The van der Waals surface area contributed by atoms with Crippen LogP contribution in [-0.2, 0) is 4.79 Å². The highest BCUT2D eigenvalue weighted by atomic mass is 19.1. The first-order valence-corrected chi connectivity index (χ1v) is 11.4. The number of hydrogen-bond donors (Lipinski definition) is 5. The van der Waals surface area contributed by atoms with Gasteiger partial charge in [-0.15, -0.1) is 10.2 Å². The number of ether oxygens (including phenoxy) is 2. The minimum atomic E-state index is -1.12. The van der Waals surface area contributed by atoms with Crippen molar-refractivity contribution in [2.24, 2.45) is 5.73 Å². The Balaban J connectivity index is 0.00000103. The molecule has 6 N–H and O–H groups in total. The lowest BCUT2D eigenvalue weighted by Gasteiger charge is -2.22. The van der Waals surface area contributed by atoms with Crippen molar-refractivity contribution in [3.05, 3.63) is 88.0 Å². The van der Waals surface area contributed by atoms with Crippen LogP contribution in [0.25, 0.3) is 5.82 Å². The number of carboxylic acid groups (broad SMARTS) is 1. The van der Waals surface area contributed by atoms with Gasteiger partial charge in [0.2, 0.25) is 0 Å². The van der Waals surface area contributed by atoms with E-state index in [-0.39, 0.29) is 34.5 Å². The lowest BCUT2D eigenvalue weighted by molar-refractivity contribution is -0.134. The molecule has 2 heterocycles. The molecule has 0 amide bonds. The van der Waals surface area contributed by atoms with Crippen LogP contribution in [-0.4, -0.2) is 55.6 Å². The number of nitrogens with one attached hydrogen (secondary N) is 3. The summed E-state index contributed by atoms with van der Waals surface area (Å²) >= 11 is 0. The second kappa shape index (κ2) is 13.1. The third-order valence-corrected chi connectivity index (χ3v) is 5.08. The highest BCUT2D eigenvalue weighted by Gasteiger charge is 2.27. The van der Waals surface area contributed by atoms with Crippen molar-refractivity contribution in [2.75, 3.05) is 19.0 Å². The molecule has 2 aromatic heterocycles. The Labute approximate surface area is 226 Å². The van der Waals surface area contributed by atoms with E-state index in [0.29, 0.717) is 11.3 Å². The molecule has 0 fully saturated rings. The van der Waals surface area contributed by atoms with Crippen molar-refractivity contribution < 1.29 is 23.8 Å². The van der Waals surface area contributed by atoms with E-state index >= 15 is 4.39 Å². The van der Waals surface area contributed by atoms with E-state index in [1.807, 2.05) is 0 Å². The van der Waals surface area contributed by atoms with Gasteiger partial charge in [-0.1, -0.05) is 12.1 Å². The Morgan fingerprint density at radius 1 is 1.32 bits per heavy atom. The van der Waals surface area contributed by atoms with E-state index in [9.17, 15) is 4.79 Å². The number of nitriles is 1. The summed E-state index contributed by atoms with van der Waals surface area (Å²) in [5, 5.41) is 39.3. The summed E-state index contributed by atoms with van der Waals surface area (Å²) in [4.78, 5) is 24.4. The largest absolute Gasteiger partial charge is 0.497 e. The minimum absolute atomic E-state index is 0.0132. The lowest BCUT2D eigenvalue weighted by Crippen LogP contribution is -2.20. The third kappa shape index (κ3) is 6.95. The Bertz CT molecular complexity index is 1590. The molecular formula is C25H24FN9O5. The minimum Gasteiger partial charge on any atom is -0.497 e. The molecule has 0 spiro atoms. The van der Waals surface area contributed by atoms with E-state index in [0.717, 1.165) is 11.6 Å². The normalized spacial score (nSPS) is 10.8. The third-order valence-electron chi connectivity index (χ3n) is 5.08. The predicted molar refractivity (Wildman–Crippen MR) is 140 cm³/mol. The van der Waals surface area contributed by atoms with Crippen molar-refractivity contribution in [2.45, 2.75) is 13.0 Å². The fourth-order valence-electron chi connectivity index (χ4n) is 3.46. The predicted octanol–water partition coefficient (Wildman–Crippen LogP) is 1.98. The molecule has 0 aliphatic carbocycles. The number of aliphatic carboxylic acids is 1. The summed E-state index contributed by atoms with van der Waals surface area (Å²) in [5.41, 5.74) is 5.81. The SMILES string of the molecule is CC(=O)O.COc1cc(OCC#N)c(F)c(C(Nc2ccccc2C(=N)N)c2nn(-c3cccnn3)c(=O)[nH]2)c1. The van der Waals surface area contributed by atoms with E-state index in [4.69, 9.17) is 35.8 Å². The fourth-order valence-corrected chi connectivity index (χ4v) is 3.46.